The van der Waals surface area contributed by atoms with Crippen molar-refractivity contribution < 1.29 is 17.7 Å². The first kappa shape index (κ1) is 17.5. The molecular formula is C12H18FN3O4S. The molecule has 0 aliphatic heterocycles. The molecule has 1 rings (SSSR count). The molecule has 2 N–H and O–H groups in total. The van der Waals surface area contributed by atoms with Crippen LogP contribution in [0.1, 0.15) is 19.4 Å². The van der Waals surface area contributed by atoms with E-state index in [4.69, 9.17) is 0 Å². The molecule has 0 aliphatic rings. The van der Waals surface area contributed by atoms with E-state index in [1.807, 2.05) is 0 Å². The number of nitrogens with one attached hydrogen (secondary N) is 2. The molecule has 118 valence electrons. The van der Waals surface area contributed by atoms with Crippen LogP contribution in [-0.2, 0) is 16.6 Å². The predicted octanol–water partition coefficient (Wildman–Crippen LogP) is 1.15. The van der Waals surface area contributed by atoms with Crippen molar-refractivity contribution in [2.75, 3.05) is 12.8 Å². The summed E-state index contributed by atoms with van der Waals surface area (Å²) in [5.41, 5.74) is -0.738. The van der Waals surface area contributed by atoms with Gasteiger partial charge in [-0.15, -0.1) is 0 Å². The number of rotatable bonds is 7. The van der Waals surface area contributed by atoms with Gasteiger partial charge in [0.25, 0.3) is 0 Å². The molecule has 0 bridgehead atoms. The standard InChI is InChI=1S/C12H18FN3O4S/c1-12(2,15-21(3,19)20)8-14-7-9-4-5-11(16(17)18)10(13)6-9/h4-6,14-15H,7-8H2,1-3H3. The summed E-state index contributed by atoms with van der Waals surface area (Å²) >= 11 is 0. The van der Waals surface area contributed by atoms with Gasteiger partial charge in [-0.2, -0.15) is 4.39 Å². The van der Waals surface area contributed by atoms with E-state index >= 15 is 0 Å². The van der Waals surface area contributed by atoms with Crippen LogP contribution >= 0.6 is 0 Å². The van der Waals surface area contributed by atoms with Gasteiger partial charge in [0.15, 0.2) is 0 Å². The van der Waals surface area contributed by atoms with E-state index in [9.17, 15) is 22.9 Å². The van der Waals surface area contributed by atoms with E-state index in [1.165, 1.54) is 6.07 Å². The molecule has 0 unspecified atom stereocenters. The summed E-state index contributed by atoms with van der Waals surface area (Å²) in [5, 5.41) is 13.5. The Hall–Kier alpha value is -1.58. The number of nitro groups is 1. The van der Waals surface area contributed by atoms with Crippen molar-refractivity contribution in [3.8, 4) is 0 Å². The maximum absolute atomic E-state index is 13.4. The molecule has 0 aliphatic carbocycles. The third-order valence-electron chi connectivity index (χ3n) is 2.57. The van der Waals surface area contributed by atoms with Crippen molar-refractivity contribution in [1.29, 1.82) is 0 Å². The molecule has 0 aromatic heterocycles. The Morgan fingerprint density at radius 3 is 2.48 bits per heavy atom. The lowest BCUT2D eigenvalue weighted by Gasteiger charge is -2.25. The molecule has 0 spiro atoms. The average Bonchev–Trinajstić information content (AvgIpc) is 2.24. The van der Waals surface area contributed by atoms with Crippen LogP contribution in [0.15, 0.2) is 18.2 Å². The maximum atomic E-state index is 13.4. The zero-order chi connectivity index (χ0) is 16.3. The van der Waals surface area contributed by atoms with Crippen LogP contribution in [0.25, 0.3) is 0 Å². The molecule has 7 nitrogen and oxygen atoms in total. The van der Waals surface area contributed by atoms with E-state index in [-0.39, 0.29) is 6.54 Å². The van der Waals surface area contributed by atoms with Crippen LogP contribution in [-0.4, -0.2) is 31.7 Å². The van der Waals surface area contributed by atoms with Crippen molar-refractivity contribution in [3.63, 3.8) is 0 Å². The summed E-state index contributed by atoms with van der Waals surface area (Å²) in [4.78, 5) is 9.71. The molecule has 0 saturated heterocycles. The second kappa shape index (κ2) is 6.46. The van der Waals surface area contributed by atoms with Crippen LogP contribution in [0.2, 0.25) is 0 Å². The predicted molar refractivity (Wildman–Crippen MR) is 76.8 cm³/mol. The first-order valence-corrected chi connectivity index (χ1v) is 8.02. The summed E-state index contributed by atoms with van der Waals surface area (Å²) in [6.07, 6.45) is 1.07. The molecule has 0 heterocycles. The second-order valence-corrected chi connectivity index (χ2v) is 7.15. The fourth-order valence-corrected chi connectivity index (χ4v) is 2.94. The Labute approximate surface area is 122 Å². The van der Waals surface area contributed by atoms with E-state index in [0.29, 0.717) is 12.1 Å². The summed E-state index contributed by atoms with van der Waals surface area (Å²) in [6, 6.07) is 3.64. The largest absolute Gasteiger partial charge is 0.311 e. The molecule has 0 amide bonds. The quantitative estimate of drug-likeness (QED) is 0.580. The van der Waals surface area contributed by atoms with Crippen molar-refractivity contribution in [2.24, 2.45) is 0 Å². The van der Waals surface area contributed by atoms with Crippen LogP contribution in [0.5, 0.6) is 0 Å². The van der Waals surface area contributed by atoms with Gasteiger partial charge < -0.3 is 5.32 Å². The second-order valence-electron chi connectivity index (χ2n) is 5.40. The third-order valence-corrected chi connectivity index (χ3v) is 3.49. The minimum absolute atomic E-state index is 0.268. The van der Waals surface area contributed by atoms with Gasteiger partial charge in [0.1, 0.15) is 0 Å². The third kappa shape index (κ3) is 6.15. The van der Waals surface area contributed by atoms with Crippen molar-refractivity contribution in [1.82, 2.24) is 10.0 Å². The number of nitro benzene ring substituents is 1. The number of hydrogen-bond acceptors (Lipinski definition) is 5. The topological polar surface area (TPSA) is 101 Å². The summed E-state index contributed by atoms with van der Waals surface area (Å²) < 4.78 is 38.2. The van der Waals surface area contributed by atoms with Gasteiger partial charge in [-0.3, -0.25) is 10.1 Å². The highest BCUT2D eigenvalue weighted by Crippen LogP contribution is 2.17. The smallest absolute Gasteiger partial charge is 0.304 e. The monoisotopic (exact) mass is 319 g/mol. The molecule has 0 saturated carbocycles. The Morgan fingerprint density at radius 1 is 1.38 bits per heavy atom. The van der Waals surface area contributed by atoms with Gasteiger partial charge in [0, 0.05) is 24.7 Å². The normalized spacial score (nSPS) is 12.4. The SMILES string of the molecule is CC(C)(CNCc1ccc([N+](=O)[O-])c(F)c1)NS(C)(=O)=O. The summed E-state index contributed by atoms with van der Waals surface area (Å²) in [7, 11) is -3.32. The van der Waals surface area contributed by atoms with E-state index in [0.717, 1.165) is 18.4 Å². The number of benzene rings is 1. The molecule has 21 heavy (non-hydrogen) atoms. The van der Waals surface area contributed by atoms with Crippen molar-refractivity contribution in [2.45, 2.75) is 25.9 Å². The fraction of sp³-hybridized carbons (Fsp3) is 0.500. The van der Waals surface area contributed by atoms with Crippen LogP contribution in [0.3, 0.4) is 0 Å². The number of sulfonamides is 1. The maximum Gasteiger partial charge on any atom is 0.304 e. The molecule has 0 fully saturated rings. The molecule has 0 radical (unpaired) electrons. The Bertz CT molecular complexity index is 631. The van der Waals surface area contributed by atoms with E-state index in [1.54, 1.807) is 13.8 Å². The Balaban J connectivity index is 2.60. The molecule has 1 aromatic carbocycles. The lowest BCUT2D eigenvalue weighted by atomic mass is 10.1. The average molecular weight is 319 g/mol. The summed E-state index contributed by atoms with van der Waals surface area (Å²) in [6.45, 7) is 4.00. The van der Waals surface area contributed by atoms with Gasteiger partial charge >= 0.3 is 5.69 Å². The fourth-order valence-electron chi connectivity index (χ4n) is 1.87. The van der Waals surface area contributed by atoms with Crippen molar-refractivity contribution in [3.05, 3.63) is 39.7 Å². The van der Waals surface area contributed by atoms with Gasteiger partial charge in [-0.1, -0.05) is 6.07 Å². The van der Waals surface area contributed by atoms with Crippen molar-refractivity contribution >= 4 is 15.7 Å². The van der Waals surface area contributed by atoms with Gasteiger partial charge in [0.2, 0.25) is 15.8 Å². The first-order valence-electron chi connectivity index (χ1n) is 6.13. The lowest BCUT2D eigenvalue weighted by Crippen LogP contribution is -2.49. The van der Waals surface area contributed by atoms with Crippen LogP contribution in [0.4, 0.5) is 10.1 Å². The van der Waals surface area contributed by atoms with E-state index in [2.05, 4.69) is 10.0 Å². The van der Waals surface area contributed by atoms with Gasteiger partial charge in [0.05, 0.1) is 11.2 Å². The van der Waals surface area contributed by atoms with Crippen LogP contribution < -0.4 is 10.0 Å². The highest BCUT2D eigenvalue weighted by molar-refractivity contribution is 7.88. The van der Waals surface area contributed by atoms with Gasteiger partial charge in [-0.25, -0.2) is 13.1 Å². The zero-order valence-electron chi connectivity index (χ0n) is 12.0. The zero-order valence-corrected chi connectivity index (χ0v) is 12.8. The molecule has 1 aromatic rings. The molecule has 0 atom stereocenters. The highest BCUT2D eigenvalue weighted by Gasteiger charge is 2.21. The highest BCUT2D eigenvalue weighted by atomic mass is 32.2. The first-order chi connectivity index (χ1) is 9.50. The Kier molecular flexibility index (Phi) is 5.37. The minimum Gasteiger partial charge on any atom is -0.311 e. The number of halogens is 1. The van der Waals surface area contributed by atoms with Crippen LogP contribution in [0, 0.1) is 15.9 Å². The van der Waals surface area contributed by atoms with Gasteiger partial charge in [-0.05, 0) is 25.5 Å². The lowest BCUT2D eigenvalue weighted by molar-refractivity contribution is -0.387. The molecule has 9 heteroatoms. The molecular weight excluding hydrogens is 301 g/mol. The summed E-state index contributed by atoms with van der Waals surface area (Å²) in [5.74, 6) is -0.896. The Morgan fingerprint density at radius 2 is 2.00 bits per heavy atom. The number of hydrogen-bond donors (Lipinski definition) is 2. The number of nitrogens with zero attached hydrogens (tertiary/aromatic N) is 1. The van der Waals surface area contributed by atoms with E-state index < -0.39 is 32.0 Å². The minimum atomic E-state index is -3.32.